The minimum Gasteiger partial charge on any atom is -0.294 e. The molecule has 2 nitrogen and oxygen atoms in total. The molecule has 2 rings (SSSR count). The summed E-state index contributed by atoms with van der Waals surface area (Å²) in [6.45, 7) is 12.6. The van der Waals surface area contributed by atoms with Crippen molar-refractivity contribution in [3.8, 4) is 0 Å². The quantitative estimate of drug-likeness (QED) is 0.756. The first-order valence-corrected chi connectivity index (χ1v) is 8.10. The summed E-state index contributed by atoms with van der Waals surface area (Å²) in [6.07, 6.45) is 4.49. The van der Waals surface area contributed by atoms with E-state index in [1.807, 2.05) is 18.0 Å². The fourth-order valence-electron chi connectivity index (χ4n) is 2.77. The zero-order chi connectivity index (χ0) is 14.0. The van der Waals surface area contributed by atoms with E-state index in [0.717, 1.165) is 0 Å². The van der Waals surface area contributed by atoms with E-state index in [1.165, 1.54) is 30.0 Å². The summed E-state index contributed by atoms with van der Waals surface area (Å²) < 4.78 is 0.213. The van der Waals surface area contributed by atoms with Crippen molar-refractivity contribution in [2.45, 2.75) is 69.3 Å². The lowest BCUT2D eigenvalue weighted by Gasteiger charge is -2.30. The Hall–Kier alpha value is -0.540. The largest absolute Gasteiger partial charge is 0.294 e. The lowest BCUT2D eigenvalue weighted by atomic mass is 10.1. The van der Waals surface area contributed by atoms with Gasteiger partial charge in [-0.1, -0.05) is 26.8 Å². The van der Waals surface area contributed by atoms with Gasteiger partial charge in [-0.05, 0) is 39.3 Å². The van der Waals surface area contributed by atoms with Gasteiger partial charge in [0.25, 0.3) is 0 Å². The zero-order valence-electron chi connectivity index (χ0n) is 12.8. The van der Waals surface area contributed by atoms with E-state index in [2.05, 4.69) is 56.6 Å². The molecule has 19 heavy (non-hydrogen) atoms. The molecule has 0 unspecified atom stereocenters. The van der Waals surface area contributed by atoms with Gasteiger partial charge >= 0.3 is 0 Å². The molecule has 0 radical (unpaired) electrons. The summed E-state index contributed by atoms with van der Waals surface area (Å²) in [4.78, 5) is 7.25. The van der Waals surface area contributed by atoms with E-state index in [1.54, 1.807) is 0 Å². The molecular formula is C16H26N2S. The Morgan fingerprint density at radius 3 is 2.74 bits per heavy atom. The van der Waals surface area contributed by atoms with Crippen LogP contribution in [0.5, 0.6) is 0 Å². The van der Waals surface area contributed by atoms with Crippen LogP contribution in [0, 0.1) is 0 Å². The average Bonchev–Trinajstić information content (AvgIpc) is 2.76. The number of rotatable bonds is 3. The van der Waals surface area contributed by atoms with Crippen molar-refractivity contribution >= 4 is 11.8 Å². The van der Waals surface area contributed by atoms with Gasteiger partial charge in [-0.3, -0.25) is 4.90 Å². The third-order valence-electron chi connectivity index (χ3n) is 3.52. The minimum absolute atomic E-state index is 0.213. The maximum Gasteiger partial charge on any atom is 0.101 e. The summed E-state index contributed by atoms with van der Waals surface area (Å²) in [7, 11) is 0. The summed E-state index contributed by atoms with van der Waals surface area (Å²) in [5.74, 6) is 0. The Kier molecular flexibility index (Phi) is 4.57. The maximum absolute atomic E-state index is 4.64. The molecule has 3 heteroatoms. The molecule has 0 spiro atoms. The van der Waals surface area contributed by atoms with Gasteiger partial charge < -0.3 is 0 Å². The summed E-state index contributed by atoms with van der Waals surface area (Å²) in [6, 6.07) is 5.52. The van der Waals surface area contributed by atoms with Crippen LogP contribution in [-0.4, -0.2) is 27.2 Å². The standard InChI is InChI=1S/C16H26N2S/c1-12(2)18-11-7-9-14(18)13-8-6-10-17-15(13)19-16(3,4)5/h6,8,10,12,14H,7,9,11H2,1-5H3/t14-/m0/s1. The number of aromatic nitrogens is 1. The first kappa shape index (κ1) is 14.9. The van der Waals surface area contributed by atoms with E-state index in [-0.39, 0.29) is 4.75 Å². The summed E-state index contributed by atoms with van der Waals surface area (Å²) >= 11 is 1.89. The monoisotopic (exact) mass is 278 g/mol. The molecule has 1 aliphatic rings. The molecule has 0 N–H and O–H groups in total. The van der Waals surface area contributed by atoms with E-state index in [0.29, 0.717) is 12.1 Å². The van der Waals surface area contributed by atoms with E-state index in [9.17, 15) is 0 Å². The van der Waals surface area contributed by atoms with Crippen LogP contribution in [-0.2, 0) is 0 Å². The van der Waals surface area contributed by atoms with Crippen LogP contribution < -0.4 is 0 Å². The van der Waals surface area contributed by atoms with Gasteiger partial charge in [0.2, 0.25) is 0 Å². The van der Waals surface area contributed by atoms with Crippen LogP contribution in [0.15, 0.2) is 23.4 Å². The molecule has 2 heterocycles. The Morgan fingerprint density at radius 2 is 2.11 bits per heavy atom. The van der Waals surface area contributed by atoms with Gasteiger partial charge in [0.05, 0.1) is 0 Å². The minimum atomic E-state index is 0.213. The molecule has 1 aliphatic heterocycles. The highest BCUT2D eigenvalue weighted by Gasteiger charge is 2.30. The highest BCUT2D eigenvalue weighted by molar-refractivity contribution is 8.00. The fourth-order valence-corrected chi connectivity index (χ4v) is 3.79. The zero-order valence-corrected chi connectivity index (χ0v) is 13.6. The lowest BCUT2D eigenvalue weighted by molar-refractivity contribution is 0.203. The van der Waals surface area contributed by atoms with Crippen LogP contribution in [0.25, 0.3) is 0 Å². The van der Waals surface area contributed by atoms with Crippen LogP contribution in [0.4, 0.5) is 0 Å². The Bertz CT molecular complexity index is 423. The Labute approximate surface area is 122 Å². The van der Waals surface area contributed by atoms with Crippen LogP contribution in [0.2, 0.25) is 0 Å². The Balaban J connectivity index is 2.29. The molecule has 1 saturated heterocycles. The van der Waals surface area contributed by atoms with Crippen LogP contribution in [0.3, 0.4) is 0 Å². The fraction of sp³-hybridized carbons (Fsp3) is 0.688. The molecule has 0 saturated carbocycles. The van der Waals surface area contributed by atoms with Crippen molar-refractivity contribution in [1.82, 2.24) is 9.88 Å². The molecule has 106 valence electrons. The van der Waals surface area contributed by atoms with Gasteiger partial charge in [0.1, 0.15) is 5.03 Å². The number of pyridine rings is 1. The molecule has 1 aromatic heterocycles. The first-order chi connectivity index (χ1) is 8.88. The van der Waals surface area contributed by atoms with Gasteiger partial charge in [-0.25, -0.2) is 4.98 Å². The van der Waals surface area contributed by atoms with E-state index >= 15 is 0 Å². The smallest absolute Gasteiger partial charge is 0.101 e. The predicted octanol–water partition coefficient (Wildman–Crippen LogP) is 4.52. The topological polar surface area (TPSA) is 16.1 Å². The molecular weight excluding hydrogens is 252 g/mol. The van der Waals surface area contributed by atoms with Gasteiger partial charge in [0, 0.05) is 28.6 Å². The van der Waals surface area contributed by atoms with Crippen molar-refractivity contribution in [3.63, 3.8) is 0 Å². The third-order valence-corrected chi connectivity index (χ3v) is 4.67. The second kappa shape index (κ2) is 5.84. The molecule has 1 atom stereocenters. The second-order valence-corrected chi connectivity index (χ2v) is 8.42. The number of thioether (sulfide) groups is 1. The first-order valence-electron chi connectivity index (χ1n) is 7.28. The normalized spacial score (nSPS) is 21.3. The number of hydrogen-bond donors (Lipinski definition) is 0. The predicted molar refractivity (Wildman–Crippen MR) is 83.7 cm³/mol. The van der Waals surface area contributed by atoms with E-state index < -0.39 is 0 Å². The second-order valence-electron chi connectivity index (χ2n) is 6.60. The van der Waals surface area contributed by atoms with Crippen LogP contribution >= 0.6 is 11.8 Å². The highest BCUT2D eigenvalue weighted by Crippen LogP contribution is 2.40. The molecule has 0 aromatic carbocycles. The molecule has 0 aliphatic carbocycles. The van der Waals surface area contributed by atoms with Gasteiger partial charge in [-0.2, -0.15) is 0 Å². The average molecular weight is 278 g/mol. The molecule has 0 bridgehead atoms. The number of likely N-dealkylation sites (tertiary alicyclic amines) is 1. The number of nitrogens with zero attached hydrogens (tertiary/aromatic N) is 2. The van der Waals surface area contributed by atoms with Crippen LogP contribution in [0.1, 0.15) is 59.1 Å². The lowest BCUT2D eigenvalue weighted by Crippen LogP contribution is -2.30. The van der Waals surface area contributed by atoms with E-state index in [4.69, 9.17) is 0 Å². The number of hydrogen-bond acceptors (Lipinski definition) is 3. The molecule has 0 amide bonds. The molecule has 1 aromatic rings. The SMILES string of the molecule is CC(C)N1CCC[C@H]1c1cccnc1SC(C)(C)C. The third kappa shape index (κ3) is 3.73. The summed E-state index contributed by atoms with van der Waals surface area (Å²) in [5.41, 5.74) is 1.42. The van der Waals surface area contributed by atoms with Crippen molar-refractivity contribution < 1.29 is 0 Å². The Morgan fingerprint density at radius 1 is 1.37 bits per heavy atom. The van der Waals surface area contributed by atoms with Gasteiger partial charge in [0.15, 0.2) is 0 Å². The maximum atomic E-state index is 4.64. The van der Waals surface area contributed by atoms with Crippen molar-refractivity contribution in [1.29, 1.82) is 0 Å². The van der Waals surface area contributed by atoms with Crippen molar-refractivity contribution in [2.24, 2.45) is 0 Å². The van der Waals surface area contributed by atoms with Crippen molar-refractivity contribution in [2.75, 3.05) is 6.54 Å². The highest BCUT2D eigenvalue weighted by atomic mass is 32.2. The van der Waals surface area contributed by atoms with Gasteiger partial charge in [-0.15, -0.1) is 11.8 Å². The van der Waals surface area contributed by atoms with Crippen molar-refractivity contribution in [3.05, 3.63) is 23.9 Å². The molecule has 1 fully saturated rings. The summed E-state index contributed by atoms with van der Waals surface area (Å²) in [5, 5.41) is 1.22.